The SMILES string of the molecule is O=C1N(CC(F)F)c2cnc(Cl)nc2NC12CCOC2. The molecule has 0 bridgehead atoms. The first-order chi connectivity index (χ1) is 9.52. The Bertz CT molecular complexity index is 551. The van der Waals surface area contributed by atoms with Gasteiger partial charge in [-0.15, -0.1) is 0 Å². The lowest BCUT2D eigenvalue weighted by molar-refractivity contribution is -0.123. The van der Waals surface area contributed by atoms with E-state index in [1.165, 1.54) is 6.20 Å². The van der Waals surface area contributed by atoms with E-state index in [-0.39, 0.29) is 23.4 Å². The highest BCUT2D eigenvalue weighted by atomic mass is 35.5. The van der Waals surface area contributed by atoms with Crippen molar-refractivity contribution in [3.05, 3.63) is 11.5 Å². The highest BCUT2D eigenvalue weighted by Gasteiger charge is 2.49. The molecule has 1 saturated heterocycles. The van der Waals surface area contributed by atoms with Crippen molar-refractivity contribution >= 4 is 29.0 Å². The molecule has 1 atom stereocenters. The molecule has 3 rings (SSSR count). The topological polar surface area (TPSA) is 67.4 Å². The maximum Gasteiger partial charge on any atom is 0.256 e. The summed E-state index contributed by atoms with van der Waals surface area (Å²) in [6.07, 6.45) is -0.993. The van der Waals surface area contributed by atoms with Crippen molar-refractivity contribution < 1.29 is 18.3 Å². The van der Waals surface area contributed by atoms with E-state index >= 15 is 0 Å². The second-order valence-corrected chi connectivity index (χ2v) is 5.03. The van der Waals surface area contributed by atoms with Crippen LogP contribution in [0, 0.1) is 0 Å². The fraction of sp³-hybridized carbons (Fsp3) is 0.545. The molecule has 2 aliphatic heterocycles. The zero-order valence-electron chi connectivity index (χ0n) is 10.3. The van der Waals surface area contributed by atoms with Crippen LogP contribution in [0.4, 0.5) is 20.3 Å². The van der Waals surface area contributed by atoms with Gasteiger partial charge in [-0.2, -0.15) is 4.98 Å². The minimum absolute atomic E-state index is 0.0170. The number of nitrogens with one attached hydrogen (secondary N) is 1. The zero-order valence-corrected chi connectivity index (χ0v) is 11.0. The van der Waals surface area contributed by atoms with Gasteiger partial charge in [-0.1, -0.05) is 0 Å². The average molecular weight is 305 g/mol. The Morgan fingerprint density at radius 1 is 1.60 bits per heavy atom. The van der Waals surface area contributed by atoms with E-state index in [1.54, 1.807) is 0 Å². The lowest BCUT2D eigenvalue weighted by Gasteiger charge is -2.39. The van der Waals surface area contributed by atoms with Crippen LogP contribution in [0.25, 0.3) is 0 Å². The normalized spacial score (nSPS) is 25.2. The molecule has 1 N–H and O–H groups in total. The number of ether oxygens (including phenoxy) is 1. The van der Waals surface area contributed by atoms with E-state index in [1.807, 2.05) is 0 Å². The molecule has 1 aromatic rings. The van der Waals surface area contributed by atoms with Gasteiger partial charge in [-0.3, -0.25) is 9.69 Å². The van der Waals surface area contributed by atoms with Crippen LogP contribution in [0.5, 0.6) is 0 Å². The quantitative estimate of drug-likeness (QED) is 0.835. The van der Waals surface area contributed by atoms with Gasteiger partial charge < -0.3 is 10.1 Å². The number of carbonyl (C=O) groups is 1. The Morgan fingerprint density at radius 3 is 3.05 bits per heavy atom. The summed E-state index contributed by atoms with van der Waals surface area (Å²) in [7, 11) is 0. The third-order valence-corrected chi connectivity index (χ3v) is 3.57. The van der Waals surface area contributed by atoms with E-state index in [0.29, 0.717) is 13.0 Å². The summed E-state index contributed by atoms with van der Waals surface area (Å²) in [4.78, 5) is 21.2. The summed E-state index contributed by atoms with van der Waals surface area (Å²) in [6.45, 7) is -0.206. The van der Waals surface area contributed by atoms with Crippen molar-refractivity contribution in [2.24, 2.45) is 0 Å². The first-order valence-electron chi connectivity index (χ1n) is 6.00. The van der Waals surface area contributed by atoms with Gasteiger partial charge in [0.05, 0.1) is 19.3 Å². The first-order valence-corrected chi connectivity index (χ1v) is 6.38. The fourth-order valence-corrected chi connectivity index (χ4v) is 2.58. The number of halogens is 3. The van der Waals surface area contributed by atoms with Crippen molar-refractivity contribution in [3.63, 3.8) is 0 Å². The molecule has 20 heavy (non-hydrogen) atoms. The lowest BCUT2D eigenvalue weighted by Crippen LogP contribution is -2.59. The van der Waals surface area contributed by atoms with Gasteiger partial charge in [0.15, 0.2) is 5.82 Å². The summed E-state index contributed by atoms with van der Waals surface area (Å²) in [5.74, 6) is -0.176. The minimum Gasteiger partial charge on any atom is -0.378 e. The molecule has 9 heteroatoms. The molecule has 1 aromatic heterocycles. The Kier molecular flexibility index (Phi) is 3.21. The van der Waals surface area contributed by atoms with E-state index in [2.05, 4.69) is 15.3 Å². The number of anilines is 2. The first kappa shape index (κ1) is 13.4. The molecule has 0 aliphatic carbocycles. The molecule has 3 heterocycles. The second-order valence-electron chi connectivity index (χ2n) is 4.69. The molecule has 0 aromatic carbocycles. The van der Waals surface area contributed by atoms with Crippen LogP contribution in [-0.4, -0.2) is 47.6 Å². The van der Waals surface area contributed by atoms with Crippen LogP contribution < -0.4 is 10.2 Å². The van der Waals surface area contributed by atoms with Crippen molar-refractivity contribution in [2.75, 3.05) is 30.0 Å². The molecule has 108 valence electrons. The standard InChI is InChI=1S/C11H11ClF2N4O2/c12-10-15-3-6-8(16-10)17-11(1-2-20-5-11)9(19)18(6)4-7(13)14/h3,7H,1-2,4-5H2,(H,15,16,17). The predicted molar refractivity (Wildman–Crippen MR) is 67.2 cm³/mol. The fourth-order valence-electron chi connectivity index (χ4n) is 2.44. The van der Waals surface area contributed by atoms with Gasteiger partial charge in [0.25, 0.3) is 12.3 Å². The van der Waals surface area contributed by atoms with Crippen molar-refractivity contribution in [1.82, 2.24) is 9.97 Å². The molecule has 1 spiro atoms. The minimum atomic E-state index is -2.65. The van der Waals surface area contributed by atoms with Crippen LogP contribution in [0.3, 0.4) is 0 Å². The maximum atomic E-state index is 12.7. The van der Waals surface area contributed by atoms with Crippen LogP contribution in [-0.2, 0) is 9.53 Å². The van der Waals surface area contributed by atoms with Crippen molar-refractivity contribution in [1.29, 1.82) is 0 Å². The van der Waals surface area contributed by atoms with Gasteiger partial charge in [-0.25, -0.2) is 13.8 Å². The smallest absolute Gasteiger partial charge is 0.256 e. The van der Waals surface area contributed by atoms with Crippen molar-refractivity contribution in [3.8, 4) is 0 Å². The van der Waals surface area contributed by atoms with Crippen LogP contribution in [0.15, 0.2) is 6.20 Å². The maximum absolute atomic E-state index is 12.7. The predicted octanol–water partition coefficient (Wildman–Crippen LogP) is 1.31. The molecule has 1 fully saturated rings. The molecule has 1 unspecified atom stereocenters. The average Bonchev–Trinajstić information content (AvgIpc) is 2.84. The van der Waals surface area contributed by atoms with Gasteiger partial charge in [-0.05, 0) is 11.6 Å². The molecule has 0 radical (unpaired) electrons. The summed E-state index contributed by atoms with van der Waals surface area (Å²) in [5, 5.41) is 2.95. The summed E-state index contributed by atoms with van der Waals surface area (Å²) in [5.41, 5.74) is -0.836. The number of amides is 1. The van der Waals surface area contributed by atoms with E-state index in [0.717, 1.165) is 4.90 Å². The number of alkyl halides is 2. The Labute approximate surface area is 118 Å². The van der Waals surface area contributed by atoms with Crippen molar-refractivity contribution in [2.45, 2.75) is 18.4 Å². The van der Waals surface area contributed by atoms with Crippen LogP contribution in [0.2, 0.25) is 5.28 Å². The number of hydrogen-bond donors (Lipinski definition) is 1. The molecule has 1 amide bonds. The Balaban J connectivity index is 2.06. The highest BCUT2D eigenvalue weighted by Crippen LogP contribution is 2.38. The van der Waals surface area contributed by atoms with Crippen LogP contribution in [0.1, 0.15) is 6.42 Å². The number of nitrogens with zero attached hydrogens (tertiary/aromatic N) is 3. The third-order valence-electron chi connectivity index (χ3n) is 3.39. The van der Waals surface area contributed by atoms with Gasteiger partial charge >= 0.3 is 0 Å². The van der Waals surface area contributed by atoms with Gasteiger partial charge in [0.1, 0.15) is 11.2 Å². The Morgan fingerprint density at radius 2 is 2.40 bits per heavy atom. The number of fused-ring (bicyclic) bond motifs is 1. The van der Waals surface area contributed by atoms with Crippen LogP contribution >= 0.6 is 11.6 Å². The lowest BCUT2D eigenvalue weighted by atomic mass is 9.94. The molecule has 2 aliphatic rings. The Hall–Kier alpha value is -1.54. The zero-order chi connectivity index (χ0) is 14.3. The molecule has 6 nitrogen and oxygen atoms in total. The summed E-state index contributed by atoms with van der Waals surface area (Å²) >= 11 is 5.72. The van der Waals surface area contributed by atoms with E-state index in [9.17, 15) is 13.6 Å². The number of hydrogen-bond acceptors (Lipinski definition) is 5. The number of carbonyl (C=O) groups excluding carboxylic acids is 1. The van der Waals surface area contributed by atoms with E-state index in [4.69, 9.17) is 16.3 Å². The van der Waals surface area contributed by atoms with E-state index < -0.39 is 24.4 Å². The monoisotopic (exact) mass is 304 g/mol. The highest BCUT2D eigenvalue weighted by molar-refractivity contribution is 6.28. The van der Waals surface area contributed by atoms with Gasteiger partial charge in [0.2, 0.25) is 5.28 Å². The second kappa shape index (κ2) is 4.78. The number of aromatic nitrogens is 2. The molecule has 0 saturated carbocycles. The van der Waals surface area contributed by atoms with Gasteiger partial charge in [0, 0.05) is 13.0 Å². The summed E-state index contributed by atoms with van der Waals surface area (Å²) < 4.78 is 30.7. The largest absolute Gasteiger partial charge is 0.378 e. The molecular weight excluding hydrogens is 294 g/mol. The molecular formula is C11H11ClF2N4O2. The third kappa shape index (κ3) is 2.08. The summed E-state index contributed by atoms with van der Waals surface area (Å²) in [6, 6.07) is 0. The number of rotatable bonds is 2.